The molecule has 2 saturated heterocycles. The Morgan fingerprint density at radius 2 is 1.81 bits per heavy atom. The number of ether oxygens (including phenoxy) is 2. The first-order valence-electron chi connectivity index (χ1n) is 15.4. The van der Waals surface area contributed by atoms with Crippen molar-refractivity contribution >= 4 is 45.9 Å². The monoisotopic (exact) mass is 686 g/mol. The summed E-state index contributed by atoms with van der Waals surface area (Å²) in [6, 6.07) is 9.79. The van der Waals surface area contributed by atoms with Gasteiger partial charge in [0.1, 0.15) is 12.4 Å². The second-order valence-corrected chi connectivity index (χ2v) is 14.1. The number of imide groups is 1. The molecule has 2 spiro atoms. The van der Waals surface area contributed by atoms with E-state index >= 15 is 0 Å². The Hall–Kier alpha value is -4.77. The van der Waals surface area contributed by atoms with Crippen molar-refractivity contribution in [2.75, 3.05) is 38.6 Å². The molecule has 3 fully saturated rings. The molecule has 0 radical (unpaired) electrons. The van der Waals surface area contributed by atoms with Crippen molar-refractivity contribution in [2.45, 2.75) is 50.8 Å². The predicted molar refractivity (Wildman–Crippen MR) is 166 cm³/mol. The van der Waals surface area contributed by atoms with Crippen LogP contribution in [0.4, 0.5) is 24.5 Å². The van der Waals surface area contributed by atoms with E-state index in [2.05, 4.69) is 15.4 Å². The summed E-state index contributed by atoms with van der Waals surface area (Å²) < 4.78 is 52.1. The van der Waals surface area contributed by atoms with Gasteiger partial charge >= 0.3 is 28.4 Å². The lowest BCUT2D eigenvalue weighted by atomic mass is 9.61. The minimum Gasteiger partial charge on any atom is -0.449 e. The molecular weight excluding hydrogens is 651 g/mol. The smallest absolute Gasteiger partial charge is 0.421 e. The zero-order valence-electron chi connectivity index (χ0n) is 26.3. The molecular formula is C31H35FN6O9S. The molecule has 48 heavy (non-hydrogen) atoms. The molecule has 17 heteroatoms. The van der Waals surface area contributed by atoms with E-state index in [-0.39, 0.29) is 38.7 Å². The highest BCUT2D eigenvalue weighted by molar-refractivity contribution is 7.87. The topological polar surface area (TPSA) is 184 Å². The van der Waals surface area contributed by atoms with Gasteiger partial charge in [-0.25, -0.2) is 28.4 Å². The Kier molecular flexibility index (Phi) is 8.53. The molecule has 2 aromatic rings. The van der Waals surface area contributed by atoms with Gasteiger partial charge in [0, 0.05) is 55.8 Å². The first-order chi connectivity index (χ1) is 22.8. The Labute approximate surface area is 275 Å². The van der Waals surface area contributed by atoms with Crippen LogP contribution in [-0.4, -0.2) is 91.9 Å². The average molecular weight is 687 g/mol. The van der Waals surface area contributed by atoms with Crippen molar-refractivity contribution in [1.29, 1.82) is 0 Å². The maximum Gasteiger partial charge on any atom is 0.421 e. The molecule has 15 nitrogen and oxygen atoms in total. The second-order valence-electron chi connectivity index (χ2n) is 12.5. The third-order valence-corrected chi connectivity index (χ3v) is 10.7. The first kappa shape index (κ1) is 33.1. The summed E-state index contributed by atoms with van der Waals surface area (Å²) in [4.78, 5) is 66.6. The number of rotatable bonds is 9. The summed E-state index contributed by atoms with van der Waals surface area (Å²) in [5.41, 5.74) is 0.347. The van der Waals surface area contributed by atoms with Crippen LogP contribution in [0.5, 0.6) is 0 Å². The molecule has 2 aromatic carbocycles. The van der Waals surface area contributed by atoms with Gasteiger partial charge in [0.2, 0.25) is 11.5 Å². The number of fused-ring (bicyclic) bond motifs is 2. The molecule has 0 bridgehead atoms. The van der Waals surface area contributed by atoms with Crippen molar-refractivity contribution in [3.05, 3.63) is 65.0 Å². The van der Waals surface area contributed by atoms with Crippen molar-refractivity contribution < 1.29 is 46.3 Å². The van der Waals surface area contributed by atoms with Crippen LogP contribution in [0, 0.1) is 11.2 Å². The highest BCUT2D eigenvalue weighted by Crippen LogP contribution is 2.51. The molecule has 6 amide bonds. The van der Waals surface area contributed by atoms with Gasteiger partial charge in [-0.05, 0) is 61.6 Å². The van der Waals surface area contributed by atoms with E-state index in [1.54, 1.807) is 25.1 Å². The van der Waals surface area contributed by atoms with Crippen molar-refractivity contribution in [1.82, 2.24) is 24.1 Å². The van der Waals surface area contributed by atoms with Crippen LogP contribution in [0.15, 0.2) is 42.5 Å². The lowest BCUT2D eigenvalue weighted by Gasteiger charge is -2.60. The molecule has 4 aliphatic rings. The SMILES string of the molecule is CCOC(=O)NS(=O)(=O)N1CC2(CC(N(Cc3ccc(F)cc3)C(=O)CN3C(=O)O[C@@]4(CCc5cc(NC(=O)NC)ccc54)C3=O)C2)C1. The lowest BCUT2D eigenvalue weighted by Crippen LogP contribution is -2.69. The number of urea groups is 1. The molecule has 1 saturated carbocycles. The molecule has 2 aliphatic carbocycles. The molecule has 256 valence electrons. The first-order valence-corrected chi connectivity index (χ1v) is 16.9. The minimum atomic E-state index is -4.09. The minimum absolute atomic E-state index is 0.0128. The van der Waals surface area contributed by atoms with E-state index in [1.165, 1.54) is 36.2 Å². The summed E-state index contributed by atoms with van der Waals surface area (Å²) in [7, 11) is -2.61. The van der Waals surface area contributed by atoms with Crippen LogP contribution in [0.3, 0.4) is 0 Å². The van der Waals surface area contributed by atoms with Crippen molar-refractivity contribution in [3.63, 3.8) is 0 Å². The summed E-state index contributed by atoms with van der Waals surface area (Å²) >= 11 is 0. The summed E-state index contributed by atoms with van der Waals surface area (Å²) in [5.74, 6) is -1.64. The zero-order chi connectivity index (χ0) is 34.4. The number of anilines is 1. The van der Waals surface area contributed by atoms with E-state index in [1.807, 2.05) is 4.72 Å². The van der Waals surface area contributed by atoms with Crippen LogP contribution in [0.1, 0.15) is 42.9 Å². The number of nitrogens with zero attached hydrogens (tertiary/aromatic N) is 3. The summed E-state index contributed by atoms with van der Waals surface area (Å²) in [5, 5.41) is 5.13. The van der Waals surface area contributed by atoms with Crippen LogP contribution >= 0.6 is 0 Å². The molecule has 6 rings (SSSR count). The number of halogens is 1. The maximum absolute atomic E-state index is 13.9. The number of hydrogen-bond donors (Lipinski definition) is 3. The maximum atomic E-state index is 13.9. The largest absolute Gasteiger partial charge is 0.449 e. The van der Waals surface area contributed by atoms with Gasteiger partial charge in [-0.15, -0.1) is 0 Å². The number of carbonyl (C=O) groups is 5. The molecule has 2 aliphatic heterocycles. The quantitative estimate of drug-likeness (QED) is 0.356. The number of amides is 6. The molecule has 0 aromatic heterocycles. The van der Waals surface area contributed by atoms with Crippen LogP contribution in [0.25, 0.3) is 0 Å². The highest BCUT2D eigenvalue weighted by atomic mass is 32.2. The van der Waals surface area contributed by atoms with Crippen LogP contribution in [0.2, 0.25) is 0 Å². The predicted octanol–water partition coefficient (Wildman–Crippen LogP) is 2.18. The van der Waals surface area contributed by atoms with E-state index in [0.717, 1.165) is 14.8 Å². The average Bonchev–Trinajstić information content (AvgIpc) is 3.47. The van der Waals surface area contributed by atoms with Gasteiger partial charge in [-0.3, -0.25) is 9.59 Å². The number of nitrogens with one attached hydrogen (secondary N) is 3. The van der Waals surface area contributed by atoms with Gasteiger partial charge < -0.3 is 25.0 Å². The van der Waals surface area contributed by atoms with Crippen molar-refractivity contribution in [3.8, 4) is 0 Å². The summed E-state index contributed by atoms with van der Waals surface area (Å²) in [6.45, 7) is 1.32. The number of hydrogen-bond acceptors (Lipinski definition) is 9. The van der Waals surface area contributed by atoms with Gasteiger partial charge in [-0.1, -0.05) is 18.2 Å². The number of benzene rings is 2. The van der Waals surface area contributed by atoms with Crippen molar-refractivity contribution in [2.24, 2.45) is 5.41 Å². The summed E-state index contributed by atoms with van der Waals surface area (Å²) in [6.07, 6.45) is -0.560. The van der Waals surface area contributed by atoms with Crippen LogP contribution < -0.4 is 15.4 Å². The fourth-order valence-corrected chi connectivity index (χ4v) is 8.26. The third-order valence-electron chi connectivity index (χ3n) is 9.35. The standard InChI is InChI=1S/C31H35FN6O9S/c1-3-46-28(42)35-48(44,45)36-17-30(18-36)13-23(14-30)37(15-19-4-6-21(32)7-5-19)25(39)16-38-26(40)31(47-29(38)43)11-10-20-12-22(8-9-24(20)31)34-27(41)33-2/h4-9,12,23H,3,10-11,13-18H2,1-2H3,(H,35,42)(H2,33,34,41)/t31-/m1/s1. The van der Waals surface area contributed by atoms with Gasteiger partial charge in [-0.2, -0.15) is 12.7 Å². The molecule has 0 unspecified atom stereocenters. The molecule has 1 atom stereocenters. The van der Waals surface area contributed by atoms with Crippen LogP contribution in [-0.2, 0) is 47.8 Å². The van der Waals surface area contributed by atoms with Gasteiger partial charge in [0.05, 0.1) is 6.61 Å². The fourth-order valence-electron chi connectivity index (χ4n) is 6.98. The third kappa shape index (κ3) is 6.03. The van der Waals surface area contributed by atoms with E-state index in [0.29, 0.717) is 36.1 Å². The van der Waals surface area contributed by atoms with E-state index in [9.17, 15) is 36.8 Å². The Bertz CT molecular complexity index is 1770. The lowest BCUT2D eigenvalue weighted by molar-refractivity contribution is -0.149. The Morgan fingerprint density at radius 3 is 2.48 bits per heavy atom. The fraction of sp³-hybridized carbons (Fsp3) is 0.452. The van der Waals surface area contributed by atoms with E-state index < -0.39 is 63.6 Å². The van der Waals surface area contributed by atoms with E-state index in [4.69, 9.17) is 4.74 Å². The Balaban J connectivity index is 1.15. The number of carbonyl (C=O) groups excluding carboxylic acids is 5. The Morgan fingerprint density at radius 1 is 1.10 bits per heavy atom. The number of aryl methyl sites for hydroxylation is 1. The van der Waals surface area contributed by atoms with Gasteiger partial charge in [0.15, 0.2) is 0 Å². The normalized spacial score (nSPS) is 21.3. The molecule has 3 N–H and O–H groups in total. The van der Waals surface area contributed by atoms with Gasteiger partial charge in [0.25, 0.3) is 5.91 Å². The molecule has 2 heterocycles. The second kappa shape index (κ2) is 12.4. The zero-order valence-corrected chi connectivity index (χ0v) is 27.1. The highest BCUT2D eigenvalue weighted by Gasteiger charge is 2.60.